The minimum Gasteiger partial charge on any atom is -0.504 e. The molecule has 1 aromatic carbocycles. The third-order valence-electron chi connectivity index (χ3n) is 6.19. The lowest BCUT2D eigenvalue weighted by Gasteiger charge is -2.21. The zero-order valence-corrected chi connectivity index (χ0v) is 24.9. The number of alkyl halides is 6. The van der Waals surface area contributed by atoms with Crippen molar-refractivity contribution in [1.82, 2.24) is 0 Å². The first kappa shape index (κ1) is 39.9. The Kier molecular flexibility index (Phi) is 14.6. The number of carbonyl (C=O) groups excluding carboxylic acids is 2. The van der Waals surface area contributed by atoms with Crippen molar-refractivity contribution in [3.8, 4) is 23.0 Å². The minimum absolute atomic E-state index is 0. The third kappa shape index (κ3) is 10.6. The highest BCUT2D eigenvalue weighted by Crippen LogP contribution is 2.50. The van der Waals surface area contributed by atoms with Gasteiger partial charge in [-0.25, -0.2) is 0 Å². The van der Waals surface area contributed by atoms with Crippen LogP contribution in [0.4, 0.5) is 26.3 Å². The molecule has 0 radical (unpaired) electrons. The molecule has 0 bridgehead atoms. The number of benzene rings is 1. The molecule has 1 aliphatic rings. The lowest BCUT2D eigenvalue weighted by atomic mass is 9.90. The number of rotatable bonds is 9. The summed E-state index contributed by atoms with van der Waals surface area (Å²) in [5.74, 6) is -6.27. The molecule has 0 saturated carbocycles. The lowest BCUT2D eigenvalue weighted by molar-refractivity contribution is -0.305. The van der Waals surface area contributed by atoms with Gasteiger partial charge < -0.3 is 29.2 Å². The second-order valence-corrected chi connectivity index (χ2v) is 9.48. The standard InChI is InChI=1S/C15H17F3O4.C14H17F3O4.CH4/c1-5-8(2)6-7-10-9(3)11(19)14(22-15(16,17)18)13(21-4)12(10)20;1-7(2)5-6-9-8(3)10(18)13(21-14(15,16)17)12(20-4)11(9)19;/h6H,5,7H2,1-4H3;5,18-19H,6H2,1-4H3;1H4/b8-6+;;. The van der Waals surface area contributed by atoms with Gasteiger partial charge >= 0.3 is 12.7 Å². The summed E-state index contributed by atoms with van der Waals surface area (Å²) in [6.45, 7) is 10.2. The van der Waals surface area contributed by atoms with Gasteiger partial charge in [-0.2, -0.15) is 0 Å². The first-order valence-corrected chi connectivity index (χ1v) is 12.7. The number of methoxy groups -OCH3 is 2. The largest absolute Gasteiger partial charge is 0.573 e. The molecule has 0 unspecified atom stereocenters. The van der Waals surface area contributed by atoms with Crippen molar-refractivity contribution in [2.75, 3.05) is 14.2 Å². The number of carbonyl (C=O) groups is 2. The second-order valence-electron chi connectivity index (χ2n) is 9.48. The van der Waals surface area contributed by atoms with Gasteiger partial charge in [-0.3, -0.25) is 9.59 Å². The number of aromatic hydroxyl groups is 2. The molecule has 0 aliphatic heterocycles. The Morgan fingerprint density at radius 1 is 0.773 bits per heavy atom. The fraction of sp³-hybridized carbons (Fsp3) is 0.467. The monoisotopic (exact) mass is 640 g/mol. The van der Waals surface area contributed by atoms with E-state index in [1.807, 2.05) is 27.7 Å². The molecule has 0 heterocycles. The molecule has 0 fully saturated rings. The average molecular weight is 641 g/mol. The summed E-state index contributed by atoms with van der Waals surface area (Å²) in [4.78, 5) is 24.3. The van der Waals surface area contributed by atoms with E-state index in [0.29, 0.717) is 0 Å². The Morgan fingerprint density at radius 2 is 1.32 bits per heavy atom. The van der Waals surface area contributed by atoms with E-state index in [4.69, 9.17) is 4.74 Å². The minimum atomic E-state index is -5.08. The molecule has 0 saturated heterocycles. The number of phenolic OH excluding ortho intramolecular Hbond substituents is 2. The van der Waals surface area contributed by atoms with Gasteiger partial charge in [0, 0.05) is 22.3 Å². The van der Waals surface area contributed by atoms with Crippen LogP contribution in [-0.2, 0) is 25.5 Å². The topological polar surface area (TPSA) is 112 Å². The first-order chi connectivity index (χ1) is 19.7. The Labute approximate surface area is 252 Å². The molecular formula is C30H38F6O8. The average Bonchev–Trinajstić information content (AvgIpc) is 2.89. The van der Waals surface area contributed by atoms with Crippen LogP contribution in [0, 0.1) is 6.92 Å². The molecule has 1 aliphatic carbocycles. The SMILES string of the molecule is C.CC/C(C)=C/CC1=C(C)C(=O)C(OC(F)(F)F)=C(OC)C1=O.COc1c(O)c(CC=C(C)C)c(C)c(O)c1OC(F)(F)F. The van der Waals surface area contributed by atoms with Crippen LogP contribution in [0.5, 0.6) is 23.0 Å². The summed E-state index contributed by atoms with van der Waals surface area (Å²) >= 11 is 0. The number of hydrogen-bond donors (Lipinski definition) is 2. The van der Waals surface area contributed by atoms with Crippen LogP contribution in [0.15, 0.2) is 46.0 Å². The summed E-state index contributed by atoms with van der Waals surface area (Å²) < 4.78 is 91.1. The van der Waals surface area contributed by atoms with Crippen molar-refractivity contribution in [3.63, 3.8) is 0 Å². The summed E-state index contributed by atoms with van der Waals surface area (Å²) in [6.07, 6.45) is -5.39. The van der Waals surface area contributed by atoms with Gasteiger partial charge in [-0.05, 0) is 53.9 Å². The van der Waals surface area contributed by atoms with Crippen molar-refractivity contribution in [2.45, 2.75) is 81.0 Å². The number of ether oxygens (including phenoxy) is 4. The predicted octanol–water partition coefficient (Wildman–Crippen LogP) is 8.05. The van der Waals surface area contributed by atoms with Crippen LogP contribution in [0.2, 0.25) is 0 Å². The van der Waals surface area contributed by atoms with Gasteiger partial charge in [0.1, 0.15) is 0 Å². The molecule has 0 atom stereocenters. The second kappa shape index (κ2) is 16.1. The van der Waals surface area contributed by atoms with E-state index < -0.39 is 58.8 Å². The van der Waals surface area contributed by atoms with Crippen molar-refractivity contribution in [2.24, 2.45) is 0 Å². The molecule has 0 amide bonds. The maximum Gasteiger partial charge on any atom is 0.573 e. The molecule has 8 nitrogen and oxygen atoms in total. The van der Waals surface area contributed by atoms with E-state index in [1.165, 1.54) is 13.8 Å². The number of ketones is 2. The van der Waals surface area contributed by atoms with Crippen molar-refractivity contribution in [1.29, 1.82) is 0 Å². The quantitative estimate of drug-likeness (QED) is 0.121. The highest BCUT2D eigenvalue weighted by atomic mass is 19.4. The molecule has 1 aromatic rings. The van der Waals surface area contributed by atoms with E-state index in [2.05, 4.69) is 14.2 Å². The fourth-order valence-corrected chi connectivity index (χ4v) is 3.68. The maximum absolute atomic E-state index is 12.4. The van der Waals surface area contributed by atoms with Gasteiger partial charge in [0.15, 0.2) is 11.5 Å². The lowest BCUT2D eigenvalue weighted by Crippen LogP contribution is -2.28. The van der Waals surface area contributed by atoms with E-state index in [1.54, 1.807) is 12.2 Å². The number of hydrogen-bond acceptors (Lipinski definition) is 8. The van der Waals surface area contributed by atoms with Gasteiger partial charge in [-0.15, -0.1) is 26.3 Å². The molecule has 248 valence electrons. The van der Waals surface area contributed by atoms with E-state index in [-0.39, 0.29) is 42.5 Å². The van der Waals surface area contributed by atoms with Gasteiger partial charge in [0.25, 0.3) is 0 Å². The number of phenols is 2. The summed E-state index contributed by atoms with van der Waals surface area (Å²) in [5.41, 5.74) is 2.39. The Morgan fingerprint density at radius 3 is 1.75 bits per heavy atom. The third-order valence-corrected chi connectivity index (χ3v) is 6.19. The molecule has 2 N–H and O–H groups in total. The summed E-state index contributed by atoms with van der Waals surface area (Å²) in [5, 5.41) is 20.0. The van der Waals surface area contributed by atoms with Crippen LogP contribution >= 0.6 is 0 Å². The summed E-state index contributed by atoms with van der Waals surface area (Å²) in [7, 11) is 2.10. The Bertz CT molecular complexity index is 1340. The molecule has 14 heteroatoms. The van der Waals surface area contributed by atoms with Gasteiger partial charge in [-0.1, -0.05) is 37.6 Å². The van der Waals surface area contributed by atoms with Crippen LogP contribution < -0.4 is 9.47 Å². The van der Waals surface area contributed by atoms with E-state index in [9.17, 15) is 46.1 Å². The van der Waals surface area contributed by atoms with Gasteiger partial charge in [0.05, 0.1) is 14.2 Å². The predicted molar refractivity (Wildman–Crippen MR) is 150 cm³/mol. The Hall–Kier alpha value is -4.10. The molecule has 2 rings (SSSR count). The fourth-order valence-electron chi connectivity index (χ4n) is 3.68. The van der Waals surface area contributed by atoms with Crippen LogP contribution in [-0.4, -0.2) is 48.7 Å². The van der Waals surface area contributed by atoms with Crippen molar-refractivity contribution < 1.29 is 65.1 Å². The van der Waals surface area contributed by atoms with Crippen LogP contribution in [0.1, 0.15) is 66.0 Å². The van der Waals surface area contributed by atoms with Crippen molar-refractivity contribution in [3.05, 3.63) is 57.1 Å². The number of allylic oxidation sites excluding steroid dienone is 6. The zero-order chi connectivity index (χ0) is 33.4. The van der Waals surface area contributed by atoms with E-state index >= 15 is 0 Å². The van der Waals surface area contributed by atoms with Crippen LogP contribution in [0.25, 0.3) is 0 Å². The zero-order valence-electron chi connectivity index (χ0n) is 24.9. The molecular weight excluding hydrogens is 602 g/mol. The number of Topliss-reactive ketones (excluding diaryl/α,β-unsaturated/α-hetero) is 2. The number of halogens is 6. The summed E-state index contributed by atoms with van der Waals surface area (Å²) in [6, 6.07) is 0. The van der Waals surface area contributed by atoms with Crippen LogP contribution in [0.3, 0.4) is 0 Å². The van der Waals surface area contributed by atoms with Gasteiger partial charge in [0.2, 0.25) is 34.6 Å². The molecule has 0 spiro atoms. The first-order valence-electron chi connectivity index (χ1n) is 12.7. The highest BCUT2D eigenvalue weighted by Gasteiger charge is 2.42. The van der Waals surface area contributed by atoms with Crippen molar-refractivity contribution >= 4 is 11.6 Å². The maximum atomic E-state index is 12.4. The molecule has 0 aromatic heterocycles. The Balaban J connectivity index is 0.000000823. The highest BCUT2D eigenvalue weighted by molar-refractivity contribution is 6.23. The normalized spacial score (nSPS) is 14.0. The molecule has 44 heavy (non-hydrogen) atoms. The smallest absolute Gasteiger partial charge is 0.504 e. The van der Waals surface area contributed by atoms with E-state index in [0.717, 1.165) is 31.8 Å².